The summed E-state index contributed by atoms with van der Waals surface area (Å²) in [7, 11) is 0.750. The molecule has 1 N–H and O–H groups in total. The minimum atomic E-state index is -0.352. The van der Waals surface area contributed by atoms with Crippen molar-refractivity contribution in [1.82, 2.24) is 0 Å². The smallest absolute Gasteiger partial charge is 0.668 e. The van der Waals surface area contributed by atoms with Crippen molar-refractivity contribution in [3.8, 4) is 11.1 Å². The van der Waals surface area contributed by atoms with Crippen LogP contribution in [0.2, 0.25) is 13.1 Å². The van der Waals surface area contributed by atoms with E-state index in [1.807, 2.05) is 66.7 Å². The van der Waals surface area contributed by atoms with E-state index in [-0.39, 0.29) is 38.0 Å². The van der Waals surface area contributed by atoms with Gasteiger partial charge in [0, 0.05) is 15.4 Å². The van der Waals surface area contributed by atoms with Gasteiger partial charge in [0.15, 0.2) is 0 Å². The molecule has 1 fully saturated rings. The summed E-state index contributed by atoms with van der Waals surface area (Å²) in [6, 6.07) is 37.9. The number of hydrogen-bond acceptors (Lipinski definition) is 1. The fraction of sp³-hybridized carbons (Fsp3) is 0.250. The first-order valence-corrected chi connectivity index (χ1v) is 16.1. The summed E-state index contributed by atoms with van der Waals surface area (Å²) in [5.74, 6) is -0.270. The molecule has 0 aliphatic heterocycles. The first-order valence-electron chi connectivity index (χ1n) is 13.8. The zero-order valence-corrected chi connectivity index (χ0v) is 27.6. The minimum absolute atomic E-state index is 0. The summed E-state index contributed by atoms with van der Waals surface area (Å²) in [6.07, 6.45) is 6.52. The Morgan fingerprint density at radius 3 is 1.68 bits per heavy atom. The molecule has 0 atom stereocenters. The molecule has 205 valence electrons. The predicted molar refractivity (Wildman–Crippen MR) is 170 cm³/mol. The van der Waals surface area contributed by atoms with Gasteiger partial charge in [0.1, 0.15) is 0 Å². The van der Waals surface area contributed by atoms with Gasteiger partial charge in [-0.05, 0) is 19.3 Å². The Hall–Kier alpha value is -2.81. The van der Waals surface area contributed by atoms with Gasteiger partial charge < -0.3 is 10.5 Å². The van der Waals surface area contributed by atoms with Gasteiger partial charge in [-0.2, -0.15) is 79.1 Å². The van der Waals surface area contributed by atoms with E-state index in [1.54, 1.807) is 0 Å². The van der Waals surface area contributed by atoms with E-state index in [1.165, 1.54) is 28.7 Å². The quantitative estimate of drug-likeness (QED) is 0.135. The monoisotopic (exact) mass is 622 g/mol. The number of hydrogen-bond donors (Lipinski definition) is 0. The molecule has 0 saturated heterocycles. The Labute approximate surface area is 264 Å². The van der Waals surface area contributed by atoms with E-state index < -0.39 is 0 Å². The van der Waals surface area contributed by atoms with Crippen LogP contribution in [0.1, 0.15) is 54.4 Å². The molecule has 2 aliphatic rings. The van der Waals surface area contributed by atoms with Gasteiger partial charge >= 0.3 is 26.2 Å². The van der Waals surface area contributed by atoms with Crippen molar-refractivity contribution in [2.45, 2.75) is 51.6 Å². The molecule has 1 radical (unpaired) electrons. The summed E-state index contributed by atoms with van der Waals surface area (Å²) >= 11 is 0. The summed E-state index contributed by atoms with van der Waals surface area (Å²) in [4.78, 5) is 10.5. The molecule has 2 aliphatic carbocycles. The molecule has 1 saturated carbocycles. The van der Waals surface area contributed by atoms with Crippen molar-refractivity contribution in [3.05, 3.63) is 151 Å². The van der Waals surface area contributed by atoms with Crippen molar-refractivity contribution in [2.75, 3.05) is 0 Å². The Morgan fingerprint density at radius 2 is 1.23 bits per heavy atom. The zero-order chi connectivity index (χ0) is 28.3. The average molecular weight is 624 g/mol. The Balaban J connectivity index is 0.000000265. The molecule has 2 nitrogen and oxygen atoms in total. The summed E-state index contributed by atoms with van der Waals surface area (Å²) in [5.41, 5.74) is 14.5. The summed E-state index contributed by atoms with van der Waals surface area (Å²) in [6.45, 7) is 11.9. The second-order valence-corrected chi connectivity index (χ2v) is 10.8. The zero-order valence-electron chi connectivity index (χ0n) is 24.0. The van der Waals surface area contributed by atoms with Crippen molar-refractivity contribution >= 4 is 15.4 Å². The second kappa shape index (κ2) is 21.0. The number of carbonyl (C=O) groups is 1. The molecule has 0 unspecified atom stereocenters. The molecule has 4 aromatic carbocycles. The Bertz CT molecular complexity index is 1130. The Kier molecular flexibility index (Phi) is 18.5. The molecule has 0 heterocycles. The van der Waals surface area contributed by atoms with E-state index in [0.29, 0.717) is 0 Å². The third-order valence-corrected chi connectivity index (χ3v) is 6.28. The van der Waals surface area contributed by atoms with Gasteiger partial charge in [-0.25, -0.2) is 0 Å². The van der Waals surface area contributed by atoms with Crippen LogP contribution in [0, 0.1) is 25.8 Å². The summed E-state index contributed by atoms with van der Waals surface area (Å²) in [5, 5.41) is 0. The molecule has 0 bridgehead atoms. The normalized spacial score (nSPS) is 12.3. The fourth-order valence-corrected chi connectivity index (χ4v) is 4.32. The second-order valence-electron chi connectivity index (χ2n) is 9.64. The maximum atomic E-state index is 10.5. The molecular formula is C36H42NOSiZr. The minimum Gasteiger partial charge on any atom is -0.668 e. The number of fused-ring (bicyclic) bond motifs is 3. The van der Waals surface area contributed by atoms with E-state index in [9.17, 15) is 4.79 Å². The molecule has 6 rings (SSSR count). The first kappa shape index (κ1) is 35.2. The largest absolute Gasteiger partial charge is 4.00 e. The number of carbonyl (C=O) groups excluding carboxylic acids is 1. The molecule has 4 aromatic rings. The number of benzene rings is 4. The van der Waals surface area contributed by atoms with Crippen LogP contribution in [-0.2, 0) is 37.4 Å². The molecule has 0 aromatic heterocycles. The third-order valence-electron chi connectivity index (χ3n) is 6.28. The SMILES string of the molecule is C[SiH]C.[CH2-]c1ccccc1.[CH2-]c1ccccc1.[NH-]C(=O)C1CCCCC1.[Zr+4].[c-]1cccc2c1Cc1ccccc1-2. The van der Waals surface area contributed by atoms with Crippen LogP contribution in [0.4, 0.5) is 0 Å². The van der Waals surface area contributed by atoms with Crippen LogP contribution >= 0.6 is 0 Å². The van der Waals surface area contributed by atoms with Crippen LogP contribution in [0.3, 0.4) is 0 Å². The Morgan fingerprint density at radius 1 is 0.750 bits per heavy atom. The predicted octanol–water partition coefficient (Wildman–Crippen LogP) is 9.46. The van der Waals surface area contributed by atoms with Crippen LogP contribution in [-0.4, -0.2) is 15.4 Å². The van der Waals surface area contributed by atoms with Gasteiger partial charge in [0.25, 0.3) is 0 Å². The van der Waals surface area contributed by atoms with Crippen LogP contribution in [0.5, 0.6) is 0 Å². The molecule has 4 heteroatoms. The van der Waals surface area contributed by atoms with E-state index in [0.717, 1.165) is 52.8 Å². The van der Waals surface area contributed by atoms with Gasteiger partial charge in [-0.15, -0.1) is 29.8 Å². The van der Waals surface area contributed by atoms with Gasteiger partial charge in [0.05, 0.1) is 5.91 Å². The number of amides is 1. The number of nitrogens with one attached hydrogen (secondary N) is 1. The first-order chi connectivity index (χ1) is 19.0. The summed E-state index contributed by atoms with van der Waals surface area (Å²) < 4.78 is 0. The van der Waals surface area contributed by atoms with Crippen LogP contribution < -0.4 is 0 Å². The standard InChI is InChI=1S/C13H9.C7H13NO.2C7H7.C2H7Si.Zr/c1-3-7-12-10(5-1)9-11-6-2-4-8-13(11)12;8-7(9)6-4-2-1-3-5-6;2*1-7-5-3-2-4-6-7;1-3-2;/h1-5,7-8H,9H2;6H,1-5H2,(H2,8,9);2*2-6H,1H2;3H,1-2H3;/q-1;;2*-1;;+4/p-1. The molecule has 1 amide bonds. The van der Waals surface area contributed by atoms with Crippen molar-refractivity contribution in [2.24, 2.45) is 5.92 Å². The van der Waals surface area contributed by atoms with Gasteiger partial charge in [-0.1, -0.05) is 79.9 Å². The number of rotatable bonds is 1. The van der Waals surface area contributed by atoms with Crippen molar-refractivity contribution < 1.29 is 31.0 Å². The maximum Gasteiger partial charge on any atom is 4.00 e. The van der Waals surface area contributed by atoms with Crippen LogP contribution in [0.15, 0.2) is 103 Å². The van der Waals surface area contributed by atoms with Crippen molar-refractivity contribution in [3.63, 3.8) is 0 Å². The third kappa shape index (κ3) is 13.5. The van der Waals surface area contributed by atoms with Crippen LogP contribution in [0.25, 0.3) is 16.9 Å². The van der Waals surface area contributed by atoms with E-state index >= 15 is 0 Å². The average Bonchev–Trinajstić information content (AvgIpc) is 3.35. The van der Waals surface area contributed by atoms with E-state index in [2.05, 4.69) is 69.4 Å². The fourth-order valence-electron chi connectivity index (χ4n) is 4.32. The van der Waals surface area contributed by atoms with Crippen molar-refractivity contribution in [1.29, 1.82) is 0 Å². The molecule has 0 spiro atoms. The van der Waals surface area contributed by atoms with Gasteiger partial charge in [-0.3, -0.25) is 0 Å². The maximum absolute atomic E-state index is 10.5. The van der Waals surface area contributed by atoms with E-state index in [4.69, 9.17) is 5.73 Å². The molecule has 40 heavy (non-hydrogen) atoms. The topological polar surface area (TPSA) is 40.9 Å². The molecular weight excluding hydrogens is 582 g/mol. The van der Waals surface area contributed by atoms with Gasteiger partial charge in [0.2, 0.25) is 0 Å².